The molecule has 0 spiro atoms. The molecule has 0 saturated heterocycles. The first kappa shape index (κ1) is 13.3. The van der Waals surface area contributed by atoms with Crippen LogP contribution < -0.4 is 0 Å². The van der Waals surface area contributed by atoms with Gasteiger partial charge in [0.15, 0.2) is 0 Å². The van der Waals surface area contributed by atoms with Gasteiger partial charge >= 0.3 is 0 Å². The number of benzene rings is 1. The van der Waals surface area contributed by atoms with Crippen molar-refractivity contribution in [2.45, 2.75) is 45.0 Å². The third kappa shape index (κ3) is 2.36. The molecule has 3 rings (SSSR count). The molecule has 0 bridgehead atoms. The molecule has 4 heteroatoms. The quantitative estimate of drug-likeness (QED) is 0.714. The smallest absolute Gasteiger partial charge is 0.127 e. The normalized spacial score (nSPS) is 19.4. The summed E-state index contributed by atoms with van der Waals surface area (Å²) in [7, 11) is 0. The van der Waals surface area contributed by atoms with E-state index in [0.29, 0.717) is 5.41 Å². The average Bonchev–Trinajstić information content (AvgIpc) is 2.66. The molecule has 1 aromatic carbocycles. The summed E-state index contributed by atoms with van der Waals surface area (Å²) in [4.78, 5) is 4.67. The Labute approximate surface area is 123 Å². The molecule has 0 amide bonds. The molecule has 0 N–H and O–H groups in total. The van der Waals surface area contributed by atoms with Crippen LogP contribution in [0.15, 0.2) is 18.2 Å². The Kier molecular flexibility index (Phi) is 3.26. The van der Waals surface area contributed by atoms with Crippen molar-refractivity contribution >= 4 is 34.2 Å². The summed E-state index contributed by atoms with van der Waals surface area (Å²) in [5.74, 6) is 0.951. The van der Waals surface area contributed by atoms with Gasteiger partial charge in [0.05, 0.1) is 16.4 Å². The molecule has 1 fully saturated rings. The van der Waals surface area contributed by atoms with Crippen LogP contribution >= 0.6 is 23.2 Å². The van der Waals surface area contributed by atoms with Crippen LogP contribution in [0.4, 0.5) is 0 Å². The van der Waals surface area contributed by atoms with Crippen molar-refractivity contribution in [1.82, 2.24) is 9.55 Å². The molecule has 0 radical (unpaired) electrons. The molecule has 1 saturated carbocycles. The van der Waals surface area contributed by atoms with E-state index in [1.54, 1.807) is 0 Å². The lowest BCUT2D eigenvalue weighted by molar-refractivity contribution is 0.132. The average molecular weight is 297 g/mol. The lowest BCUT2D eigenvalue weighted by Crippen LogP contribution is -2.31. The van der Waals surface area contributed by atoms with Crippen molar-refractivity contribution in [3.63, 3.8) is 0 Å². The van der Waals surface area contributed by atoms with E-state index in [1.165, 1.54) is 19.3 Å². The van der Waals surface area contributed by atoms with E-state index < -0.39 is 0 Å². The van der Waals surface area contributed by atoms with Crippen molar-refractivity contribution in [2.24, 2.45) is 5.41 Å². The maximum atomic E-state index is 6.29. The lowest BCUT2D eigenvalue weighted by Gasteiger charge is -2.39. The van der Waals surface area contributed by atoms with Gasteiger partial charge in [-0.05, 0) is 43.4 Å². The zero-order chi connectivity index (χ0) is 13.6. The van der Waals surface area contributed by atoms with Crippen LogP contribution in [0.2, 0.25) is 5.02 Å². The maximum Gasteiger partial charge on any atom is 0.127 e. The first-order valence-electron chi connectivity index (χ1n) is 6.78. The van der Waals surface area contributed by atoms with E-state index in [-0.39, 0.29) is 5.38 Å². The minimum Gasteiger partial charge on any atom is -0.326 e. The zero-order valence-corrected chi connectivity index (χ0v) is 12.8. The van der Waals surface area contributed by atoms with Gasteiger partial charge in [-0.25, -0.2) is 4.98 Å². The van der Waals surface area contributed by atoms with E-state index in [4.69, 9.17) is 23.2 Å². The zero-order valence-electron chi connectivity index (χ0n) is 11.3. The second kappa shape index (κ2) is 4.68. The van der Waals surface area contributed by atoms with E-state index in [9.17, 15) is 0 Å². The van der Waals surface area contributed by atoms with Gasteiger partial charge in [0.1, 0.15) is 5.82 Å². The fourth-order valence-electron chi connectivity index (χ4n) is 2.90. The second-order valence-electron chi connectivity index (χ2n) is 5.97. The van der Waals surface area contributed by atoms with Crippen LogP contribution in [0.1, 0.15) is 44.3 Å². The van der Waals surface area contributed by atoms with Crippen LogP contribution in [0.5, 0.6) is 0 Å². The molecule has 1 aliphatic rings. The molecule has 19 heavy (non-hydrogen) atoms. The summed E-state index contributed by atoms with van der Waals surface area (Å²) in [6.07, 6.45) is 3.89. The lowest BCUT2D eigenvalue weighted by atomic mass is 9.70. The van der Waals surface area contributed by atoms with E-state index in [0.717, 1.165) is 28.4 Å². The third-order valence-electron chi connectivity index (χ3n) is 4.20. The van der Waals surface area contributed by atoms with Crippen molar-refractivity contribution in [3.05, 3.63) is 29.0 Å². The molecule has 2 aromatic rings. The number of imidazole rings is 1. The third-order valence-corrected chi connectivity index (χ3v) is 4.63. The van der Waals surface area contributed by atoms with Gasteiger partial charge in [-0.1, -0.05) is 24.9 Å². The van der Waals surface area contributed by atoms with Crippen LogP contribution in [0.3, 0.4) is 0 Å². The summed E-state index contributed by atoms with van der Waals surface area (Å²) in [5, 5.41) is 0.663. The fraction of sp³-hybridized carbons (Fsp3) is 0.533. The van der Waals surface area contributed by atoms with Gasteiger partial charge in [0.25, 0.3) is 0 Å². The molecular weight excluding hydrogens is 279 g/mol. The minimum atomic E-state index is -0.0881. The van der Waals surface area contributed by atoms with E-state index in [1.807, 2.05) is 25.1 Å². The number of rotatable bonds is 3. The molecule has 1 aromatic heterocycles. The second-order valence-corrected chi connectivity index (χ2v) is 7.06. The van der Waals surface area contributed by atoms with Gasteiger partial charge in [-0.3, -0.25) is 0 Å². The molecule has 1 atom stereocenters. The monoisotopic (exact) mass is 296 g/mol. The maximum absolute atomic E-state index is 6.29. The highest BCUT2D eigenvalue weighted by molar-refractivity contribution is 6.31. The van der Waals surface area contributed by atoms with Crippen LogP contribution in [0, 0.1) is 5.41 Å². The van der Waals surface area contributed by atoms with E-state index in [2.05, 4.69) is 16.5 Å². The van der Waals surface area contributed by atoms with Crippen LogP contribution in [-0.4, -0.2) is 9.55 Å². The van der Waals surface area contributed by atoms with Gasteiger partial charge in [0, 0.05) is 11.6 Å². The number of hydrogen-bond acceptors (Lipinski definition) is 1. The topological polar surface area (TPSA) is 17.8 Å². The fourth-order valence-corrected chi connectivity index (χ4v) is 3.24. The molecule has 2 nitrogen and oxygen atoms in total. The Morgan fingerprint density at radius 1 is 1.42 bits per heavy atom. The molecule has 1 aliphatic carbocycles. The van der Waals surface area contributed by atoms with Crippen molar-refractivity contribution in [1.29, 1.82) is 0 Å². The first-order chi connectivity index (χ1) is 8.98. The van der Waals surface area contributed by atoms with Gasteiger partial charge < -0.3 is 4.57 Å². The number of fused-ring (bicyclic) bond motifs is 1. The standard InChI is InChI=1S/C15H18Cl2N2/c1-10(16)14-18-12-5-4-11(17)8-13(12)19(14)9-15(2)6-3-7-15/h4-5,8,10H,3,6-7,9H2,1-2H3. The minimum absolute atomic E-state index is 0.0881. The number of hydrogen-bond donors (Lipinski definition) is 0. The molecule has 1 heterocycles. The predicted octanol–water partition coefficient (Wildman–Crippen LogP) is 5.18. The van der Waals surface area contributed by atoms with Gasteiger partial charge in [-0.15, -0.1) is 11.6 Å². The Hall–Kier alpha value is -0.730. The largest absolute Gasteiger partial charge is 0.326 e. The van der Waals surface area contributed by atoms with Crippen molar-refractivity contribution in [3.8, 4) is 0 Å². The van der Waals surface area contributed by atoms with Crippen molar-refractivity contribution < 1.29 is 0 Å². The summed E-state index contributed by atoms with van der Waals surface area (Å²) in [5.41, 5.74) is 2.47. The summed E-state index contributed by atoms with van der Waals surface area (Å²) >= 11 is 12.4. The Bertz CT molecular complexity index is 612. The highest BCUT2D eigenvalue weighted by atomic mass is 35.5. The van der Waals surface area contributed by atoms with Gasteiger partial charge in [-0.2, -0.15) is 0 Å². The number of nitrogens with zero attached hydrogens (tertiary/aromatic N) is 2. The summed E-state index contributed by atoms with van der Waals surface area (Å²) in [6, 6.07) is 5.85. The Morgan fingerprint density at radius 3 is 2.74 bits per heavy atom. The first-order valence-corrected chi connectivity index (χ1v) is 7.60. The highest BCUT2D eigenvalue weighted by Gasteiger charge is 2.33. The molecule has 102 valence electrons. The molecular formula is C15H18Cl2N2. The molecule has 1 unspecified atom stereocenters. The predicted molar refractivity (Wildman–Crippen MR) is 81.0 cm³/mol. The van der Waals surface area contributed by atoms with Crippen molar-refractivity contribution in [2.75, 3.05) is 0 Å². The SMILES string of the molecule is CC(Cl)c1nc2ccc(Cl)cc2n1CC1(C)CCC1. The van der Waals surface area contributed by atoms with Crippen LogP contribution in [-0.2, 0) is 6.54 Å². The Balaban J connectivity index is 2.12. The van der Waals surface area contributed by atoms with E-state index >= 15 is 0 Å². The Morgan fingerprint density at radius 2 is 2.16 bits per heavy atom. The van der Waals surface area contributed by atoms with Crippen LogP contribution in [0.25, 0.3) is 11.0 Å². The summed E-state index contributed by atoms with van der Waals surface area (Å²) < 4.78 is 2.26. The summed E-state index contributed by atoms with van der Waals surface area (Å²) in [6.45, 7) is 5.30. The highest BCUT2D eigenvalue weighted by Crippen LogP contribution is 2.43. The van der Waals surface area contributed by atoms with Gasteiger partial charge in [0.2, 0.25) is 0 Å². The number of halogens is 2. The number of alkyl halides is 1. The number of aromatic nitrogens is 2. The molecule has 0 aliphatic heterocycles.